The Kier molecular flexibility index (Phi) is 1.85. The molecule has 0 bridgehead atoms. The molecule has 0 aromatic heterocycles. The fraction of sp³-hybridized carbons (Fsp3) is 0.250. The minimum Gasteiger partial charge on any atom is -0.197 e. The van der Waals surface area contributed by atoms with Gasteiger partial charge in [-0.25, -0.2) is 0 Å². The summed E-state index contributed by atoms with van der Waals surface area (Å²) in [4.78, 5) is 0. The van der Waals surface area contributed by atoms with E-state index in [0.717, 1.165) is 0 Å². The van der Waals surface area contributed by atoms with Crippen LogP contribution in [0.5, 0.6) is 0 Å². The molecule has 29 valence electrons. The second-order valence-corrected chi connectivity index (χ2v) is 0.811. The van der Waals surface area contributed by atoms with Gasteiger partial charge in [-0.05, 0) is 6.92 Å². The summed E-state index contributed by atoms with van der Waals surface area (Å²) in [5.74, 6) is -0.704. The fourth-order valence-electron chi connectivity index (χ4n) is 0.0289. The van der Waals surface area contributed by atoms with Crippen molar-refractivity contribution in [1.82, 2.24) is 0 Å². The van der Waals surface area contributed by atoms with Crippen molar-refractivity contribution in [3.8, 4) is 12.1 Å². The average Bonchev–Trinajstić information content (AvgIpc) is 1.65. The summed E-state index contributed by atoms with van der Waals surface area (Å²) in [6.07, 6.45) is 0. The van der Waals surface area contributed by atoms with Crippen LogP contribution >= 0.6 is 0 Å². The van der Waals surface area contributed by atoms with Crippen LogP contribution in [0.3, 0.4) is 0 Å². The van der Waals surface area contributed by atoms with Crippen molar-refractivity contribution in [1.29, 1.82) is 10.5 Å². The van der Waals surface area contributed by atoms with Crippen molar-refractivity contribution >= 4 is 0 Å². The summed E-state index contributed by atoms with van der Waals surface area (Å²) in [5, 5.41) is 15.6. The van der Waals surface area contributed by atoms with Gasteiger partial charge in [0.25, 0.3) is 0 Å². The van der Waals surface area contributed by atoms with Gasteiger partial charge in [-0.1, -0.05) is 0 Å². The molecule has 0 heterocycles. The molecule has 2 heteroatoms. The Morgan fingerprint density at radius 2 is 1.67 bits per heavy atom. The Balaban J connectivity index is 3.40. The smallest absolute Gasteiger partial charge is 0.133 e. The molecule has 0 saturated heterocycles. The van der Waals surface area contributed by atoms with E-state index < -0.39 is 5.92 Å². The Hall–Kier alpha value is -1.02. The van der Waals surface area contributed by atoms with Gasteiger partial charge < -0.3 is 0 Å². The number of hydrogen-bond donors (Lipinski definition) is 0. The Morgan fingerprint density at radius 1 is 1.33 bits per heavy atom. The van der Waals surface area contributed by atoms with Crippen molar-refractivity contribution in [3.63, 3.8) is 0 Å². The predicted molar refractivity (Wildman–Crippen MR) is 20.1 cm³/mol. The highest BCUT2D eigenvalue weighted by Gasteiger charge is 1.88. The minimum atomic E-state index is -0.704. The van der Waals surface area contributed by atoms with Crippen molar-refractivity contribution in [3.05, 3.63) is 6.92 Å². The minimum absolute atomic E-state index is 0.704. The molecule has 0 aliphatic carbocycles. The largest absolute Gasteiger partial charge is 0.197 e. The average molecular weight is 79.1 g/mol. The van der Waals surface area contributed by atoms with Crippen LogP contribution in [0.2, 0.25) is 0 Å². The van der Waals surface area contributed by atoms with E-state index in [1.807, 2.05) is 0 Å². The van der Waals surface area contributed by atoms with Gasteiger partial charge in [-0.2, -0.15) is 10.5 Å². The van der Waals surface area contributed by atoms with E-state index in [1.165, 1.54) is 0 Å². The molecule has 0 aliphatic rings. The summed E-state index contributed by atoms with van der Waals surface area (Å²) in [7, 11) is 0. The Morgan fingerprint density at radius 3 is 1.67 bits per heavy atom. The second kappa shape index (κ2) is 2.23. The lowest BCUT2D eigenvalue weighted by Crippen LogP contribution is -1.78. The zero-order valence-electron chi connectivity index (χ0n) is 3.18. The topological polar surface area (TPSA) is 47.6 Å². The number of nitriles is 2. The lowest BCUT2D eigenvalue weighted by atomic mass is 10.2. The Labute approximate surface area is 36.6 Å². The standard InChI is InChI=1S/C4H3N2/c1-4(2-5)3-6/h4H,1H2. The first kappa shape index (κ1) is 4.98. The van der Waals surface area contributed by atoms with E-state index in [0.29, 0.717) is 0 Å². The first-order valence-electron chi connectivity index (χ1n) is 1.43. The molecule has 0 aromatic carbocycles. The van der Waals surface area contributed by atoms with Gasteiger partial charge in [0, 0.05) is 0 Å². The molecule has 1 radical (unpaired) electrons. The van der Waals surface area contributed by atoms with E-state index >= 15 is 0 Å². The van der Waals surface area contributed by atoms with Gasteiger partial charge in [0.1, 0.15) is 5.92 Å². The summed E-state index contributed by atoms with van der Waals surface area (Å²) in [6.45, 7) is 3.15. The lowest BCUT2D eigenvalue weighted by Gasteiger charge is -1.72. The number of nitrogens with zero attached hydrogens (tertiary/aromatic N) is 2. The third-order valence-corrected chi connectivity index (χ3v) is 0.312. The molecule has 0 rings (SSSR count). The van der Waals surface area contributed by atoms with Crippen LogP contribution in [-0.2, 0) is 0 Å². The van der Waals surface area contributed by atoms with Crippen molar-refractivity contribution in [2.75, 3.05) is 0 Å². The monoisotopic (exact) mass is 79.0 g/mol. The van der Waals surface area contributed by atoms with E-state index in [2.05, 4.69) is 6.92 Å². The first-order valence-corrected chi connectivity index (χ1v) is 1.43. The van der Waals surface area contributed by atoms with Gasteiger partial charge in [-0.15, -0.1) is 0 Å². The summed E-state index contributed by atoms with van der Waals surface area (Å²) < 4.78 is 0. The molecular formula is C4H3N2. The van der Waals surface area contributed by atoms with Crippen LogP contribution in [0, 0.1) is 35.5 Å². The van der Waals surface area contributed by atoms with Gasteiger partial charge in [0.15, 0.2) is 0 Å². The van der Waals surface area contributed by atoms with Crippen LogP contribution in [-0.4, -0.2) is 0 Å². The van der Waals surface area contributed by atoms with Crippen LogP contribution < -0.4 is 0 Å². The highest BCUT2D eigenvalue weighted by molar-refractivity contribution is 5.00. The van der Waals surface area contributed by atoms with Crippen molar-refractivity contribution < 1.29 is 0 Å². The van der Waals surface area contributed by atoms with Gasteiger partial charge in [0.05, 0.1) is 12.1 Å². The molecule has 0 aliphatic heterocycles. The molecular weight excluding hydrogens is 76.1 g/mol. The molecule has 0 atom stereocenters. The van der Waals surface area contributed by atoms with E-state index in [-0.39, 0.29) is 0 Å². The van der Waals surface area contributed by atoms with Crippen LogP contribution in [0.1, 0.15) is 0 Å². The fourth-order valence-corrected chi connectivity index (χ4v) is 0.0289. The predicted octanol–water partition coefficient (Wildman–Crippen LogP) is 0.484. The lowest BCUT2D eigenvalue weighted by molar-refractivity contribution is 1.09. The molecule has 0 aromatic rings. The maximum Gasteiger partial charge on any atom is 0.133 e. The van der Waals surface area contributed by atoms with Crippen LogP contribution in [0.15, 0.2) is 0 Å². The zero-order valence-corrected chi connectivity index (χ0v) is 3.18. The highest BCUT2D eigenvalue weighted by atomic mass is 14.3. The highest BCUT2D eigenvalue weighted by Crippen LogP contribution is 1.81. The second-order valence-electron chi connectivity index (χ2n) is 0.811. The summed E-state index contributed by atoms with van der Waals surface area (Å²) in [6, 6.07) is 3.28. The quantitative estimate of drug-likeness (QED) is 0.424. The summed E-state index contributed by atoms with van der Waals surface area (Å²) >= 11 is 0. The van der Waals surface area contributed by atoms with E-state index in [1.54, 1.807) is 12.1 Å². The molecule has 0 fully saturated rings. The van der Waals surface area contributed by atoms with Crippen molar-refractivity contribution in [2.24, 2.45) is 5.92 Å². The SMILES string of the molecule is [CH2]C(C#N)C#N. The summed E-state index contributed by atoms with van der Waals surface area (Å²) in [5.41, 5.74) is 0. The maximum absolute atomic E-state index is 7.80. The molecule has 0 spiro atoms. The van der Waals surface area contributed by atoms with E-state index in [9.17, 15) is 0 Å². The van der Waals surface area contributed by atoms with Crippen LogP contribution in [0.25, 0.3) is 0 Å². The van der Waals surface area contributed by atoms with Gasteiger partial charge in [0.2, 0.25) is 0 Å². The molecule has 0 amide bonds. The molecule has 0 saturated carbocycles. The van der Waals surface area contributed by atoms with Crippen LogP contribution in [0.4, 0.5) is 0 Å². The zero-order chi connectivity index (χ0) is 4.99. The molecule has 0 unspecified atom stereocenters. The number of rotatable bonds is 0. The van der Waals surface area contributed by atoms with Crippen molar-refractivity contribution in [2.45, 2.75) is 0 Å². The first-order chi connectivity index (χ1) is 2.81. The van der Waals surface area contributed by atoms with Gasteiger partial charge in [-0.3, -0.25) is 0 Å². The maximum atomic E-state index is 7.80. The molecule has 6 heavy (non-hydrogen) atoms. The normalized spacial score (nSPS) is 6.67. The van der Waals surface area contributed by atoms with E-state index in [4.69, 9.17) is 10.5 Å². The third kappa shape index (κ3) is 1.32. The molecule has 2 nitrogen and oxygen atoms in total. The number of hydrogen-bond acceptors (Lipinski definition) is 2. The Bertz CT molecular complexity index is 89.7. The molecule has 0 N–H and O–H groups in total. The third-order valence-electron chi connectivity index (χ3n) is 0.312. The van der Waals surface area contributed by atoms with Gasteiger partial charge >= 0.3 is 0 Å².